The molecule has 0 aliphatic heterocycles. The summed E-state index contributed by atoms with van der Waals surface area (Å²) >= 11 is 0. The lowest BCUT2D eigenvalue weighted by Crippen LogP contribution is -2.32. The molecule has 0 aliphatic carbocycles. The number of hydrogen-bond acceptors (Lipinski definition) is 4. The van der Waals surface area contributed by atoms with Crippen LogP contribution in [0.4, 0.5) is 13.6 Å². The van der Waals surface area contributed by atoms with Crippen LogP contribution >= 0.6 is 0 Å². The van der Waals surface area contributed by atoms with Gasteiger partial charge in [-0.3, -0.25) is 9.78 Å². The van der Waals surface area contributed by atoms with Crippen LogP contribution in [0.2, 0.25) is 0 Å². The lowest BCUT2D eigenvalue weighted by molar-refractivity contribution is -0.121. The van der Waals surface area contributed by atoms with Gasteiger partial charge in [-0.25, -0.2) is 13.6 Å². The molecule has 0 fully saturated rings. The van der Waals surface area contributed by atoms with Crippen LogP contribution in [0, 0.1) is 11.6 Å². The predicted molar refractivity (Wildman–Crippen MR) is 155 cm³/mol. The molecule has 0 radical (unpaired) electrons. The lowest BCUT2D eigenvalue weighted by atomic mass is 9.98. The van der Waals surface area contributed by atoms with Crippen LogP contribution in [0.25, 0.3) is 17.0 Å². The smallest absolute Gasteiger partial charge is 0.407 e. The zero-order chi connectivity index (χ0) is 29.6. The number of nitrogens with one attached hydrogen (secondary N) is 3. The molecule has 0 aliphatic rings. The fraction of sp³-hybridized carbons (Fsp3) is 0.281. The van der Waals surface area contributed by atoms with E-state index < -0.39 is 29.4 Å². The number of amides is 2. The molecule has 4 aromatic rings. The zero-order valence-electron chi connectivity index (χ0n) is 23.6. The molecular weight excluding hydrogens is 526 g/mol. The van der Waals surface area contributed by atoms with Gasteiger partial charge in [-0.1, -0.05) is 24.3 Å². The molecule has 3 N–H and O–H groups in total. The van der Waals surface area contributed by atoms with E-state index in [1.807, 2.05) is 43.3 Å². The number of halogens is 2. The largest absolute Gasteiger partial charge is 0.444 e. The zero-order valence-corrected chi connectivity index (χ0v) is 23.6. The summed E-state index contributed by atoms with van der Waals surface area (Å²) < 4.78 is 33.2. The second kappa shape index (κ2) is 12.8. The highest BCUT2D eigenvalue weighted by atomic mass is 19.1. The van der Waals surface area contributed by atoms with E-state index in [0.29, 0.717) is 11.3 Å². The van der Waals surface area contributed by atoms with Crippen molar-refractivity contribution in [3.8, 4) is 0 Å². The van der Waals surface area contributed by atoms with Gasteiger partial charge in [-0.05, 0) is 86.7 Å². The van der Waals surface area contributed by atoms with Crippen LogP contribution in [0.1, 0.15) is 61.7 Å². The molecule has 2 aromatic heterocycles. The van der Waals surface area contributed by atoms with Crippen molar-refractivity contribution in [1.82, 2.24) is 20.6 Å². The third kappa shape index (κ3) is 8.23. The summed E-state index contributed by atoms with van der Waals surface area (Å²) in [5.74, 6) is -1.65. The highest BCUT2D eigenvalue weighted by Gasteiger charge is 2.21. The van der Waals surface area contributed by atoms with Crippen molar-refractivity contribution in [2.45, 2.75) is 58.7 Å². The number of ether oxygens (including phenoxy) is 1. The molecular formula is C32H34F2N4O3. The Morgan fingerprint density at radius 1 is 1.07 bits per heavy atom. The molecule has 214 valence electrons. The number of rotatable bonds is 9. The molecule has 0 saturated carbocycles. The first-order valence-electron chi connectivity index (χ1n) is 13.4. The van der Waals surface area contributed by atoms with Gasteiger partial charge in [-0.2, -0.15) is 0 Å². The standard InChI is InChI=1S/C32H34F2N4O3/c1-5-7-22-8-6-11-35-30(22)28(15-21-12-24(33)17-25(34)13-21)38-29(39)16-23-19-36-27-10-9-20(14-26(23)27)18-37-31(40)41-32(2,3)4/h5-14,17,19,28,36H,15-16,18H2,1-4H3,(H,37,40)(H,38,39)/b7-5+/t28-/m0/s1. The fourth-order valence-corrected chi connectivity index (χ4v) is 4.61. The number of alkyl carbamates (subject to hydrolysis) is 1. The highest BCUT2D eigenvalue weighted by Crippen LogP contribution is 2.24. The molecule has 1 atom stereocenters. The van der Waals surface area contributed by atoms with Crippen molar-refractivity contribution in [2.24, 2.45) is 0 Å². The number of carbonyl (C=O) groups excluding carboxylic acids is 2. The number of carbonyl (C=O) groups is 2. The Morgan fingerprint density at radius 2 is 1.83 bits per heavy atom. The van der Waals surface area contributed by atoms with E-state index in [1.54, 1.807) is 39.2 Å². The Labute approximate surface area is 238 Å². The number of pyridine rings is 1. The Morgan fingerprint density at radius 3 is 2.54 bits per heavy atom. The van der Waals surface area contributed by atoms with E-state index in [4.69, 9.17) is 4.74 Å². The minimum absolute atomic E-state index is 0.0583. The molecule has 0 unspecified atom stereocenters. The average molecular weight is 561 g/mol. The van der Waals surface area contributed by atoms with E-state index in [2.05, 4.69) is 20.6 Å². The van der Waals surface area contributed by atoms with Crippen molar-refractivity contribution < 1.29 is 23.1 Å². The van der Waals surface area contributed by atoms with Crippen LogP contribution < -0.4 is 10.6 Å². The van der Waals surface area contributed by atoms with Crippen molar-refractivity contribution in [2.75, 3.05) is 0 Å². The average Bonchev–Trinajstić information content (AvgIpc) is 3.28. The quantitative estimate of drug-likeness (QED) is 0.217. The molecule has 4 rings (SSSR count). The van der Waals surface area contributed by atoms with Crippen LogP contribution in [-0.2, 0) is 28.9 Å². The molecule has 7 nitrogen and oxygen atoms in total. The van der Waals surface area contributed by atoms with E-state index in [-0.39, 0.29) is 25.3 Å². The van der Waals surface area contributed by atoms with Gasteiger partial charge in [0.25, 0.3) is 0 Å². The Hall–Kier alpha value is -4.53. The van der Waals surface area contributed by atoms with Crippen molar-refractivity contribution >= 4 is 29.0 Å². The van der Waals surface area contributed by atoms with Gasteiger partial charge < -0.3 is 20.4 Å². The van der Waals surface area contributed by atoms with E-state index in [0.717, 1.165) is 33.7 Å². The number of nitrogens with zero attached hydrogens (tertiary/aromatic N) is 1. The van der Waals surface area contributed by atoms with Crippen LogP contribution in [0.5, 0.6) is 0 Å². The normalized spacial score (nSPS) is 12.4. The highest BCUT2D eigenvalue weighted by molar-refractivity contribution is 5.89. The molecule has 41 heavy (non-hydrogen) atoms. The molecule has 9 heteroatoms. The van der Waals surface area contributed by atoms with Gasteiger partial charge in [0.1, 0.15) is 17.2 Å². The van der Waals surface area contributed by atoms with Crippen molar-refractivity contribution in [1.29, 1.82) is 0 Å². The monoisotopic (exact) mass is 560 g/mol. The second-order valence-electron chi connectivity index (χ2n) is 10.8. The van der Waals surface area contributed by atoms with Gasteiger partial charge in [0, 0.05) is 35.9 Å². The third-order valence-corrected chi connectivity index (χ3v) is 6.26. The van der Waals surface area contributed by atoms with Gasteiger partial charge in [0.05, 0.1) is 18.2 Å². The van der Waals surface area contributed by atoms with Crippen molar-refractivity contribution in [3.63, 3.8) is 0 Å². The van der Waals surface area contributed by atoms with E-state index in [1.165, 1.54) is 12.1 Å². The fourth-order valence-electron chi connectivity index (χ4n) is 4.61. The summed E-state index contributed by atoms with van der Waals surface area (Å²) in [6.45, 7) is 7.53. The Kier molecular flexibility index (Phi) is 9.17. The summed E-state index contributed by atoms with van der Waals surface area (Å²) in [6.07, 6.45) is 6.84. The number of fused-ring (bicyclic) bond motifs is 1. The Balaban J connectivity index is 1.54. The maximum absolute atomic E-state index is 14.0. The Bertz CT molecular complexity index is 1550. The minimum Gasteiger partial charge on any atom is -0.444 e. The summed E-state index contributed by atoms with van der Waals surface area (Å²) in [6, 6.07) is 12.1. The minimum atomic E-state index is -0.685. The molecule has 2 heterocycles. The molecule has 0 bridgehead atoms. The van der Waals surface area contributed by atoms with Gasteiger partial charge >= 0.3 is 6.09 Å². The first-order valence-corrected chi connectivity index (χ1v) is 13.4. The van der Waals surface area contributed by atoms with E-state index >= 15 is 0 Å². The lowest BCUT2D eigenvalue weighted by Gasteiger charge is -2.21. The van der Waals surface area contributed by atoms with E-state index in [9.17, 15) is 18.4 Å². The van der Waals surface area contributed by atoms with Gasteiger partial charge in [0.15, 0.2) is 0 Å². The molecule has 0 spiro atoms. The van der Waals surface area contributed by atoms with Gasteiger partial charge in [0.2, 0.25) is 5.91 Å². The number of allylic oxidation sites excluding steroid dienone is 1. The number of aromatic nitrogens is 2. The molecule has 0 saturated heterocycles. The molecule has 2 amide bonds. The summed E-state index contributed by atoms with van der Waals surface area (Å²) in [5, 5.41) is 6.63. The summed E-state index contributed by atoms with van der Waals surface area (Å²) in [4.78, 5) is 33.1. The predicted octanol–water partition coefficient (Wildman–Crippen LogP) is 6.54. The topological polar surface area (TPSA) is 96.1 Å². The number of hydrogen-bond donors (Lipinski definition) is 3. The maximum atomic E-state index is 14.0. The summed E-state index contributed by atoms with van der Waals surface area (Å²) in [7, 11) is 0. The number of H-pyrrole nitrogens is 1. The van der Waals surface area contributed by atoms with Crippen LogP contribution in [-0.4, -0.2) is 27.6 Å². The molecule has 2 aromatic carbocycles. The second-order valence-corrected chi connectivity index (χ2v) is 10.8. The number of aromatic amines is 1. The van der Waals surface area contributed by atoms with Crippen molar-refractivity contribution in [3.05, 3.63) is 107 Å². The first-order chi connectivity index (χ1) is 19.5. The van der Waals surface area contributed by atoms with Crippen LogP contribution in [0.15, 0.2) is 67.0 Å². The van der Waals surface area contributed by atoms with Crippen LogP contribution in [0.3, 0.4) is 0 Å². The SMILES string of the molecule is C/C=C/c1cccnc1[C@H](Cc1cc(F)cc(F)c1)NC(=O)Cc1c[nH]c2ccc(CNC(=O)OC(C)(C)C)cc12. The first kappa shape index (κ1) is 29.5. The maximum Gasteiger partial charge on any atom is 0.407 e. The summed E-state index contributed by atoms with van der Waals surface area (Å²) in [5.41, 5.74) is 3.66. The number of benzene rings is 2. The third-order valence-electron chi connectivity index (χ3n) is 6.26. The van der Waals surface area contributed by atoms with Gasteiger partial charge in [-0.15, -0.1) is 0 Å².